The van der Waals surface area contributed by atoms with Crippen LogP contribution in [0.1, 0.15) is 57.6 Å². The molecule has 0 aromatic heterocycles. The Hall–Kier alpha value is -0.990. The van der Waals surface area contributed by atoms with Gasteiger partial charge in [0.2, 0.25) is 0 Å². The first-order valence-electron chi connectivity index (χ1n) is 7.45. The maximum absolute atomic E-state index is 12.4. The van der Waals surface area contributed by atoms with E-state index in [4.69, 9.17) is 0 Å². The van der Waals surface area contributed by atoms with Gasteiger partial charge in [0, 0.05) is 0 Å². The molecule has 114 valence electrons. The number of aryl methyl sites for hydroxylation is 1. The van der Waals surface area contributed by atoms with Crippen LogP contribution in [0.3, 0.4) is 0 Å². The van der Waals surface area contributed by atoms with Crippen LogP contribution in [0.25, 0.3) is 0 Å². The van der Waals surface area contributed by atoms with Gasteiger partial charge in [-0.15, -0.1) is 0 Å². The monoisotopic (exact) mass is 286 g/mol. The summed E-state index contributed by atoms with van der Waals surface area (Å²) < 4.78 is 37.3. The molecule has 0 aliphatic carbocycles. The molecule has 0 bridgehead atoms. The zero-order valence-corrected chi connectivity index (χ0v) is 12.6. The molecule has 1 unspecified atom stereocenters. The Morgan fingerprint density at radius 1 is 0.900 bits per heavy atom. The molecule has 0 aliphatic heterocycles. The molecule has 0 saturated heterocycles. The van der Waals surface area contributed by atoms with Gasteiger partial charge in [-0.1, -0.05) is 52.2 Å². The summed E-state index contributed by atoms with van der Waals surface area (Å²) in [5.41, 5.74) is 0.431. The zero-order valence-electron chi connectivity index (χ0n) is 12.6. The molecule has 0 amide bonds. The van der Waals surface area contributed by atoms with E-state index in [1.54, 1.807) is 12.1 Å². The minimum atomic E-state index is -4.23. The van der Waals surface area contributed by atoms with E-state index < -0.39 is 11.7 Å². The number of halogens is 3. The molecule has 1 aromatic rings. The second kappa shape index (κ2) is 7.70. The SMILES string of the molecule is CC(C)CCCC(C)CCc1ccc(C(F)(F)F)cc1. The van der Waals surface area contributed by atoms with E-state index in [0.717, 1.165) is 24.3 Å². The standard InChI is InChI=1S/C17H25F3/c1-13(2)5-4-6-14(3)7-8-15-9-11-16(12-10-15)17(18,19)20/h9-14H,4-8H2,1-3H3. The van der Waals surface area contributed by atoms with E-state index >= 15 is 0 Å². The van der Waals surface area contributed by atoms with Gasteiger partial charge in [-0.3, -0.25) is 0 Å². The van der Waals surface area contributed by atoms with Crippen molar-refractivity contribution in [3.8, 4) is 0 Å². The second-order valence-corrected chi connectivity index (χ2v) is 6.16. The van der Waals surface area contributed by atoms with Crippen LogP contribution in [0.4, 0.5) is 13.2 Å². The molecule has 0 fully saturated rings. The van der Waals surface area contributed by atoms with Crippen LogP contribution in [0, 0.1) is 11.8 Å². The smallest absolute Gasteiger partial charge is 0.166 e. The minimum absolute atomic E-state index is 0.564. The minimum Gasteiger partial charge on any atom is -0.166 e. The normalized spacial score (nSPS) is 13.8. The molecule has 1 aromatic carbocycles. The highest BCUT2D eigenvalue weighted by molar-refractivity contribution is 5.24. The fourth-order valence-corrected chi connectivity index (χ4v) is 2.29. The molecule has 0 radical (unpaired) electrons. The number of hydrogen-bond donors (Lipinski definition) is 0. The molecule has 0 aliphatic rings. The van der Waals surface area contributed by atoms with Crippen LogP contribution in [0.15, 0.2) is 24.3 Å². The Bertz CT molecular complexity index is 376. The van der Waals surface area contributed by atoms with Crippen LogP contribution in [0.5, 0.6) is 0 Å². The largest absolute Gasteiger partial charge is 0.416 e. The zero-order chi connectivity index (χ0) is 15.2. The van der Waals surface area contributed by atoms with E-state index in [2.05, 4.69) is 20.8 Å². The summed E-state index contributed by atoms with van der Waals surface area (Å²) in [4.78, 5) is 0. The predicted octanol–water partition coefficient (Wildman–Crippen LogP) is 6.10. The third-order valence-electron chi connectivity index (χ3n) is 3.69. The Morgan fingerprint density at radius 3 is 2.00 bits per heavy atom. The molecule has 0 heterocycles. The van der Waals surface area contributed by atoms with Gasteiger partial charge in [0.05, 0.1) is 5.56 Å². The Morgan fingerprint density at radius 2 is 1.50 bits per heavy atom. The highest BCUT2D eigenvalue weighted by atomic mass is 19.4. The average Bonchev–Trinajstić information content (AvgIpc) is 2.35. The van der Waals surface area contributed by atoms with Gasteiger partial charge >= 0.3 is 6.18 Å². The number of benzene rings is 1. The van der Waals surface area contributed by atoms with Gasteiger partial charge in [0.25, 0.3) is 0 Å². The Kier molecular flexibility index (Phi) is 6.57. The first kappa shape index (κ1) is 17.1. The quantitative estimate of drug-likeness (QED) is 0.568. The molecule has 1 rings (SSSR count). The van der Waals surface area contributed by atoms with E-state index in [9.17, 15) is 13.2 Å². The van der Waals surface area contributed by atoms with Gasteiger partial charge < -0.3 is 0 Å². The lowest BCUT2D eigenvalue weighted by Crippen LogP contribution is -2.05. The van der Waals surface area contributed by atoms with Crippen LogP contribution >= 0.6 is 0 Å². The fourth-order valence-electron chi connectivity index (χ4n) is 2.29. The second-order valence-electron chi connectivity index (χ2n) is 6.16. The van der Waals surface area contributed by atoms with Crippen LogP contribution < -0.4 is 0 Å². The van der Waals surface area contributed by atoms with Gasteiger partial charge in [0.1, 0.15) is 0 Å². The van der Waals surface area contributed by atoms with Crippen molar-refractivity contribution < 1.29 is 13.2 Å². The molecule has 0 saturated carbocycles. The van der Waals surface area contributed by atoms with E-state index in [0.29, 0.717) is 5.92 Å². The summed E-state index contributed by atoms with van der Waals surface area (Å²) >= 11 is 0. The predicted molar refractivity (Wildman–Crippen MR) is 77.6 cm³/mol. The van der Waals surface area contributed by atoms with Gasteiger partial charge in [-0.2, -0.15) is 13.2 Å². The molecule has 0 nitrogen and oxygen atoms in total. The maximum atomic E-state index is 12.4. The number of rotatable bonds is 7. The van der Waals surface area contributed by atoms with E-state index in [1.165, 1.54) is 31.4 Å². The first-order chi connectivity index (χ1) is 9.29. The maximum Gasteiger partial charge on any atom is 0.416 e. The molecular weight excluding hydrogens is 261 g/mol. The van der Waals surface area contributed by atoms with Gasteiger partial charge in [-0.25, -0.2) is 0 Å². The lowest BCUT2D eigenvalue weighted by molar-refractivity contribution is -0.137. The molecule has 3 heteroatoms. The number of alkyl halides is 3. The summed E-state index contributed by atoms with van der Waals surface area (Å²) in [5.74, 6) is 1.38. The summed E-state index contributed by atoms with van der Waals surface area (Å²) in [5, 5.41) is 0. The molecule has 1 atom stereocenters. The number of hydrogen-bond acceptors (Lipinski definition) is 0. The lowest BCUT2D eigenvalue weighted by atomic mass is 9.94. The highest BCUT2D eigenvalue weighted by Crippen LogP contribution is 2.29. The molecule has 0 spiro atoms. The lowest BCUT2D eigenvalue weighted by Gasteiger charge is -2.13. The summed E-state index contributed by atoms with van der Waals surface area (Å²) in [6.07, 6.45) is 1.38. The molecular formula is C17H25F3. The van der Waals surface area contributed by atoms with Crippen molar-refractivity contribution in [3.05, 3.63) is 35.4 Å². The van der Waals surface area contributed by atoms with Gasteiger partial charge in [0.15, 0.2) is 0 Å². The Labute approximate surface area is 120 Å². The van der Waals surface area contributed by atoms with E-state index in [-0.39, 0.29) is 0 Å². The third-order valence-corrected chi connectivity index (χ3v) is 3.69. The van der Waals surface area contributed by atoms with Crippen LogP contribution in [0.2, 0.25) is 0 Å². The van der Waals surface area contributed by atoms with Crippen molar-refractivity contribution in [1.82, 2.24) is 0 Å². The van der Waals surface area contributed by atoms with Crippen molar-refractivity contribution in [2.24, 2.45) is 11.8 Å². The summed E-state index contributed by atoms with van der Waals surface area (Å²) in [6, 6.07) is 5.56. The van der Waals surface area contributed by atoms with E-state index in [1.807, 2.05) is 0 Å². The van der Waals surface area contributed by atoms with Crippen molar-refractivity contribution in [1.29, 1.82) is 0 Å². The topological polar surface area (TPSA) is 0 Å². The van der Waals surface area contributed by atoms with Crippen LogP contribution in [-0.4, -0.2) is 0 Å². The molecule has 0 N–H and O–H groups in total. The average molecular weight is 286 g/mol. The Balaban J connectivity index is 2.34. The van der Waals surface area contributed by atoms with Gasteiger partial charge in [-0.05, 0) is 42.4 Å². The summed E-state index contributed by atoms with van der Waals surface area (Å²) in [7, 11) is 0. The third kappa shape index (κ3) is 6.44. The highest BCUT2D eigenvalue weighted by Gasteiger charge is 2.29. The van der Waals surface area contributed by atoms with Crippen molar-refractivity contribution >= 4 is 0 Å². The molecule has 20 heavy (non-hydrogen) atoms. The summed E-state index contributed by atoms with van der Waals surface area (Å²) in [6.45, 7) is 6.68. The van der Waals surface area contributed by atoms with Crippen molar-refractivity contribution in [3.63, 3.8) is 0 Å². The van der Waals surface area contributed by atoms with Crippen molar-refractivity contribution in [2.75, 3.05) is 0 Å². The van der Waals surface area contributed by atoms with Crippen LogP contribution in [-0.2, 0) is 12.6 Å². The van der Waals surface area contributed by atoms with Crippen molar-refractivity contribution in [2.45, 2.75) is 59.1 Å². The first-order valence-corrected chi connectivity index (χ1v) is 7.45. The fraction of sp³-hybridized carbons (Fsp3) is 0.647.